The minimum atomic E-state index is -2.93. The smallest absolute Gasteiger partial charge is 0.308 e. The van der Waals surface area contributed by atoms with E-state index in [2.05, 4.69) is 5.32 Å². The van der Waals surface area contributed by atoms with Crippen LogP contribution in [0.4, 0.5) is 0 Å². The van der Waals surface area contributed by atoms with Crippen LogP contribution in [-0.2, 0) is 13.6 Å². The summed E-state index contributed by atoms with van der Waals surface area (Å²) in [6.07, 6.45) is 0.262. The van der Waals surface area contributed by atoms with Crippen molar-refractivity contribution in [3.8, 4) is 0 Å². The fraction of sp³-hybridized carbons (Fsp3) is 1.00. The highest BCUT2D eigenvalue weighted by Gasteiger charge is 2.25. The Labute approximate surface area is 86.9 Å². The van der Waals surface area contributed by atoms with E-state index in [1.807, 2.05) is 34.6 Å². The molecule has 0 saturated heterocycles. The van der Waals surface area contributed by atoms with Crippen molar-refractivity contribution in [1.29, 1.82) is 0 Å². The third kappa shape index (κ3) is 6.55. The molecule has 0 aliphatic rings. The van der Waals surface area contributed by atoms with Crippen LogP contribution < -0.4 is 5.32 Å². The summed E-state index contributed by atoms with van der Waals surface area (Å²) in [5, 5.41) is 3.12. The van der Waals surface area contributed by atoms with Gasteiger partial charge in [-0.2, -0.15) is 0 Å². The van der Waals surface area contributed by atoms with Crippen LogP contribution in [0.1, 0.15) is 34.6 Å². The normalized spacial score (nSPS) is 13.2. The van der Waals surface area contributed by atoms with E-state index in [-0.39, 0.29) is 11.8 Å². The lowest BCUT2D eigenvalue weighted by Gasteiger charge is -2.24. The van der Waals surface area contributed by atoms with E-state index < -0.39 is 7.60 Å². The highest BCUT2D eigenvalue weighted by atomic mass is 31.2. The summed E-state index contributed by atoms with van der Waals surface area (Å²) in [6, 6.07) is 0. The van der Waals surface area contributed by atoms with Gasteiger partial charge in [-0.15, -0.1) is 0 Å². The van der Waals surface area contributed by atoms with Gasteiger partial charge in [0.15, 0.2) is 0 Å². The first-order valence-electron chi connectivity index (χ1n) is 4.96. The molecule has 0 amide bonds. The molecule has 0 aromatic heterocycles. The molecule has 0 fully saturated rings. The Bertz CT molecular complexity index is 191. The van der Waals surface area contributed by atoms with Gasteiger partial charge in [-0.1, -0.05) is 0 Å². The Balaban J connectivity index is 4.16. The molecule has 1 N–H and O–H groups in total. The molecule has 0 heterocycles. The first-order valence-corrected chi connectivity index (χ1v) is 6.69. The van der Waals surface area contributed by atoms with Crippen LogP contribution in [0, 0.1) is 0 Å². The Morgan fingerprint density at radius 1 is 1.14 bits per heavy atom. The van der Waals surface area contributed by atoms with Crippen LogP contribution in [0.3, 0.4) is 0 Å². The molecule has 14 heavy (non-hydrogen) atoms. The quantitative estimate of drug-likeness (QED) is 0.703. The standard InChI is InChI=1S/C9H22NO3P/c1-6-12-14(11,13-7-2)8-10-9(3,4)5/h10H,6-8H2,1-5H3. The molecule has 0 aromatic rings. The molecule has 0 saturated carbocycles. The van der Waals surface area contributed by atoms with Crippen molar-refractivity contribution in [1.82, 2.24) is 5.32 Å². The van der Waals surface area contributed by atoms with Crippen LogP contribution >= 0.6 is 7.60 Å². The Morgan fingerprint density at radius 3 is 1.86 bits per heavy atom. The Kier molecular flexibility index (Phi) is 5.91. The monoisotopic (exact) mass is 223 g/mol. The van der Waals surface area contributed by atoms with E-state index in [4.69, 9.17) is 9.05 Å². The van der Waals surface area contributed by atoms with E-state index >= 15 is 0 Å². The van der Waals surface area contributed by atoms with Crippen LogP contribution in [0.15, 0.2) is 0 Å². The SMILES string of the molecule is CCOP(=O)(CNC(C)(C)C)OCC. The van der Waals surface area contributed by atoms with Gasteiger partial charge < -0.3 is 14.4 Å². The van der Waals surface area contributed by atoms with E-state index in [9.17, 15) is 4.57 Å². The van der Waals surface area contributed by atoms with Gasteiger partial charge in [0, 0.05) is 5.54 Å². The summed E-state index contributed by atoms with van der Waals surface area (Å²) in [7, 11) is -2.93. The summed E-state index contributed by atoms with van der Waals surface area (Å²) in [5.74, 6) is 0. The lowest BCUT2D eigenvalue weighted by molar-refractivity contribution is 0.215. The van der Waals surface area contributed by atoms with Crippen LogP contribution in [0.5, 0.6) is 0 Å². The van der Waals surface area contributed by atoms with Gasteiger partial charge in [-0.25, -0.2) is 0 Å². The number of hydrogen-bond acceptors (Lipinski definition) is 4. The van der Waals surface area contributed by atoms with Gasteiger partial charge in [0.05, 0.1) is 19.5 Å². The average molecular weight is 223 g/mol. The van der Waals surface area contributed by atoms with Crippen LogP contribution in [0.25, 0.3) is 0 Å². The van der Waals surface area contributed by atoms with Gasteiger partial charge in [0.1, 0.15) is 0 Å². The van der Waals surface area contributed by atoms with Gasteiger partial charge in [-0.3, -0.25) is 4.57 Å². The Morgan fingerprint density at radius 2 is 1.57 bits per heavy atom. The summed E-state index contributed by atoms with van der Waals surface area (Å²) >= 11 is 0. The van der Waals surface area contributed by atoms with Gasteiger partial charge in [-0.05, 0) is 34.6 Å². The van der Waals surface area contributed by atoms with E-state index in [1.54, 1.807) is 0 Å². The van der Waals surface area contributed by atoms with Crippen molar-refractivity contribution in [3.63, 3.8) is 0 Å². The van der Waals surface area contributed by atoms with Crippen molar-refractivity contribution >= 4 is 7.60 Å². The van der Waals surface area contributed by atoms with Crippen molar-refractivity contribution < 1.29 is 13.6 Å². The molecule has 0 bridgehead atoms. The molecule has 0 rings (SSSR count). The second kappa shape index (κ2) is 5.86. The zero-order valence-corrected chi connectivity index (χ0v) is 10.7. The van der Waals surface area contributed by atoms with Crippen molar-refractivity contribution in [2.45, 2.75) is 40.2 Å². The number of nitrogens with one attached hydrogen (secondary N) is 1. The van der Waals surface area contributed by atoms with Crippen molar-refractivity contribution in [2.24, 2.45) is 0 Å². The fourth-order valence-corrected chi connectivity index (χ4v) is 2.57. The Hall–Kier alpha value is 0.110. The maximum Gasteiger partial charge on any atom is 0.344 e. The first-order chi connectivity index (χ1) is 6.33. The summed E-state index contributed by atoms with van der Waals surface area (Å²) in [6.45, 7) is 10.5. The molecule has 0 aromatic carbocycles. The molecule has 0 radical (unpaired) electrons. The van der Waals surface area contributed by atoms with Gasteiger partial charge in [0.25, 0.3) is 0 Å². The van der Waals surface area contributed by atoms with Crippen molar-refractivity contribution in [2.75, 3.05) is 19.5 Å². The summed E-state index contributed by atoms with van der Waals surface area (Å²) < 4.78 is 22.2. The van der Waals surface area contributed by atoms with Crippen molar-refractivity contribution in [3.05, 3.63) is 0 Å². The number of rotatable bonds is 6. The first kappa shape index (κ1) is 14.1. The molecular formula is C9H22NO3P. The maximum absolute atomic E-state index is 12.0. The van der Waals surface area contributed by atoms with E-state index in [0.29, 0.717) is 13.2 Å². The summed E-state index contributed by atoms with van der Waals surface area (Å²) in [4.78, 5) is 0. The third-order valence-corrected chi connectivity index (χ3v) is 3.30. The predicted octanol–water partition coefficient (Wildman–Crippen LogP) is 2.60. The molecule has 0 unspecified atom stereocenters. The lowest BCUT2D eigenvalue weighted by Crippen LogP contribution is -2.36. The topological polar surface area (TPSA) is 47.6 Å². The third-order valence-electron chi connectivity index (χ3n) is 1.45. The molecule has 4 nitrogen and oxygen atoms in total. The molecule has 0 spiro atoms. The molecule has 86 valence electrons. The largest absolute Gasteiger partial charge is 0.344 e. The molecule has 0 aliphatic carbocycles. The van der Waals surface area contributed by atoms with Gasteiger partial charge in [0.2, 0.25) is 0 Å². The highest BCUT2D eigenvalue weighted by molar-refractivity contribution is 7.53. The van der Waals surface area contributed by atoms with E-state index in [1.165, 1.54) is 0 Å². The molecular weight excluding hydrogens is 201 g/mol. The second-order valence-electron chi connectivity index (χ2n) is 4.03. The van der Waals surface area contributed by atoms with E-state index in [0.717, 1.165) is 0 Å². The second-order valence-corrected chi connectivity index (χ2v) is 6.09. The number of hydrogen-bond donors (Lipinski definition) is 1. The highest BCUT2D eigenvalue weighted by Crippen LogP contribution is 2.46. The zero-order chi connectivity index (χ0) is 11.2. The molecule has 5 heteroatoms. The zero-order valence-electron chi connectivity index (χ0n) is 9.79. The molecule has 0 aliphatic heterocycles. The minimum absolute atomic E-state index is 0.0795. The van der Waals surface area contributed by atoms with Gasteiger partial charge >= 0.3 is 7.60 Å². The van der Waals surface area contributed by atoms with Crippen LogP contribution in [0.2, 0.25) is 0 Å². The molecule has 0 atom stereocenters. The lowest BCUT2D eigenvalue weighted by atomic mass is 10.1. The predicted molar refractivity (Wildman–Crippen MR) is 58.6 cm³/mol. The fourth-order valence-electron chi connectivity index (χ4n) is 0.856. The average Bonchev–Trinajstić information content (AvgIpc) is 2.01. The maximum atomic E-state index is 12.0. The van der Waals surface area contributed by atoms with Crippen LogP contribution in [-0.4, -0.2) is 25.0 Å². The summed E-state index contributed by atoms with van der Waals surface area (Å²) in [5.41, 5.74) is -0.0795. The minimum Gasteiger partial charge on any atom is -0.308 e.